The second-order valence-electron chi connectivity index (χ2n) is 23.8. The predicted molar refractivity (Wildman–Crippen MR) is 239 cm³/mol. The summed E-state index contributed by atoms with van der Waals surface area (Å²) in [4.78, 5) is 67.2. The molecule has 0 radical (unpaired) electrons. The summed E-state index contributed by atoms with van der Waals surface area (Å²) in [5.74, 6) is -1.92. The van der Waals surface area contributed by atoms with Crippen molar-refractivity contribution in [1.82, 2.24) is 10.6 Å². The molecule has 7 saturated carbocycles. The Morgan fingerprint density at radius 1 is 0.810 bits per heavy atom. The molecule has 2 unspecified atom stereocenters. The van der Waals surface area contributed by atoms with Gasteiger partial charge >= 0.3 is 11.9 Å². The van der Waals surface area contributed by atoms with Crippen LogP contribution in [0.15, 0.2) is 35.4 Å². The van der Waals surface area contributed by atoms with Gasteiger partial charge in [0, 0.05) is 34.4 Å². The van der Waals surface area contributed by atoms with Crippen molar-refractivity contribution in [3.63, 3.8) is 0 Å². The van der Waals surface area contributed by atoms with Crippen LogP contribution in [0.3, 0.4) is 0 Å². The van der Waals surface area contributed by atoms with Crippen molar-refractivity contribution in [3.8, 4) is 0 Å². The van der Waals surface area contributed by atoms with Crippen LogP contribution in [-0.4, -0.2) is 64.0 Å². The average Bonchev–Trinajstić information content (AvgIpc) is 3.51. The molecule has 2 amide bonds. The first-order valence-corrected chi connectivity index (χ1v) is 24.6. The number of aliphatic carboxylic acids is 1. The lowest BCUT2D eigenvalue weighted by Gasteiger charge is -2.79. The maximum atomic E-state index is 14.3. The van der Waals surface area contributed by atoms with Crippen molar-refractivity contribution in [2.75, 3.05) is 6.54 Å². The monoisotopic (exact) mass is 886 g/mol. The first-order chi connectivity index (χ1) is 29.5. The smallest absolute Gasteiger partial charge is 0.309 e. The molecule has 0 aromatic heterocycles. The minimum absolute atomic E-state index is 0.00613. The molecule has 7 fully saturated rings. The van der Waals surface area contributed by atoms with Gasteiger partial charge in [-0.3, -0.25) is 24.0 Å². The van der Waals surface area contributed by atoms with Gasteiger partial charge in [0.1, 0.15) is 11.6 Å². The highest BCUT2D eigenvalue weighted by Crippen LogP contribution is 2.84. The molecule has 11 heteroatoms. The van der Waals surface area contributed by atoms with E-state index >= 15 is 0 Å². The summed E-state index contributed by atoms with van der Waals surface area (Å²) in [7, 11) is 0. The molecule has 1 spiro atoms. The van der Waals surface area contributed by atoms with Gasteiger partial charge in [0.25, 0.3) is 5.91 Å². The Bertz CT molecular complexity index is 2160. The van der Waals surface area contributed by atoms with Crippen molar-refractivity contribution < 1.29 is 38.9 Å². The van der Waals surface area contributed by atoms with Gasteiger partial charge in [0.05, 0.1) is 17.9 Å². The van der Waals surface area contributed by atoms with E-state index in [1.165, 1.54) is 0 Å². The third-order valence-electron chi connectivity index (χ3n) is 21.2. The zero-order valence-electron chi connectivity index (χ0n) is 38.9. The number of benzene rings is 1. The number of aliphatic hydroxyl groups is 1. The number of nitrogens with one attached hydrogen (secondary N) is 2. The molecule has 0 bridgehead atoms. The van der Waals surface area contributed by atoms with E-state index in [4.69, 9.17) is 16.3 Å². The molecule has 12 atom stereocenters. The lowest BCUT2D eigenvalue weighted by Crippen LogP contribution is -2.74. The molecule has 10 nitrogen and oxygen atoms in total. The van der Waals surface area contributed by atoms with Gasteiger partial charge in [0.15, 0.2) is 5.78 Å². The highest BCUT2D eigenvalue weighted by atomic mass is 35.5. The number of hydrogen-bond donors (Lipinski definition) is 4. The van der Waals surface area contributed by atoms with Crippen molar-refractivity contribution >= 4 is 41.1 Å². The molecule has 1 aromatic rings. The van der Waals surface area contributed by atoms with Crippen LogP contribution in [-0.2, 0) is 23.9 Å². The number of carbonyl (C=O) groups excluding carboxylic acids is 4. The summed E-state index contributed by atoms with van der Waals surface area (Å²) >= 11 is 6.05. The number of esters is 1. The minimum Gasteiger partial charge on any atom is -0.481 e. The molecule has 8 aliphatic carbocycles. The average molecular weight is 888 g/mol. The molecule has 0 aliphatic heterocycles. The number of ketones is 1. The van der Waals surface area contributed by atoms with E-state index in [0.29, 0.717) is 42.2 Å². The summed E-state index contributed by atoms with van der Waals surface area (Å²) < 4.78 is 6.54. The second kappa shape index (κ2) is 14.6. The number of amides is 2. The Hall–Kier alpha value is -3.24. The van der Waals surface area contributed by atoms with Crippen LogP contribution >= 0.6 is 11.6 Å². The van der Waals surface area contributed by atoms with Crippen molar-refractivity contribution in [2.45, 2.75) is 169 Å². The van der Waals surface area contributed by atoms with Crippen LogP contribution < -0.4 is 10.6 Å². The van der Waals surface area contributed by atoms with Gasteiger partial charge in [-0.15, -0.1) is 0 Å². The van der Waals surface area contributed by atoms with Crippen LogP contribution in [0.4, 0.5) is 0 Å². The Morgan fingerprint density at radius 2 is 1.46 bits per heavy atom. The number of aliphatic hydroxyl groups excluding tert-OH is 1. The molecular formula is C52H71ClN2O8. The number of hydrogen-bond acceptors (Lipinski definition) is 7. The fraction of sp³-hybridized carbons (Fsp3) is 0.750. The van der Waals surface area contributed by atoms with E-state index in [-0.39, 0.29) is 81.5 Å². The zero-order chi connectivity index (χ0) is 45.5. The third-order valence-corrected chi connectivity index (χ3v) is 21.5. The van der Waals surface area contributed by atoms with Crippen LogP contribution in [0, 0.1) is 67.5 Å². The molecule has 8 aliphatic rings. The zero-order valence-corrected chi connectivity index (χ0v) is 39.6. The Balaban J connectivity index is 0.947. The van der Waals surface area contributed by atoms with Crippen molar-refractivity contribution in [1.29, 1.82) is 0 Å². The fourth-order valence-electron chi connectivity index (χ4n) is 16.8. The number of carboxylic acid groups (broad SMARTS) is 1. The maximum Gasteiger partial charge on any atom is 0.309 e. The second-order valence-corrected chi connectivity index (χ2v) is 24.2. The number of rotatable bonds is 10. The number of Topliss-reactive ketones (excluding diaryl/α,β-unsaturated/α-hetero) is 1. The van der Waals surface area contributed by atoms with Gasteiger partial charge in [-0.2, -0.15) is 0 Å². The minimum atomic E-state index is -1.05. The Morgan fingerprint density at radius 3 is 2.05 bits per heavy atom. The van der Waals surface area contributed by atoms with Gasteiger partial charge in [-0.05, 0) is 165 Å². The van der Waals surface area contributed by atoms with Gasteiger partial charge in [-0.25, -0.2) is 0 Å². The first-order valence-electron chi connectivity index (χ1n) is 24.2. The lowest BCUT2D eigenvalue weighted by atomic mass is 9.25. The standard InChI is InChI=1S/C52H71ClN2O8/c1-29(2)39-35(56)27-50(37(57)28-54-44(62)51(17-9-18-51)55-41(58)30-10-12-31(53)13-11-30)23-20-46(5)32(40(39)50)14-15-36-47(46,6)21-24-52-25-22-49(52,8)38(16-19-48(36,52)7)63-43(61)34-26-33(42(59)60)45(34,3)4/h10-13,29,32-34,36-38,57H,9,14-28H2,1-8H3,(H,54,62)(H,55,58)(H,59,60)/t32-,33+,34-,36+,37+,38+,46-,47?,48-,49-,50?,52+/m1/s1. The van der Waals surface area contributed by atoms with Crippen LogP contribution in [0.5, 0.6) is 0 Å². The lowest BCUT2D eigenvalue weighted by molar-refractivity contribution is -0.321. The van der Waals surface area contributed by atoms with E-state index in [9.17, 15) is 34.2 Å². The number of carboxylic acids is 1. The third kappa shape index (κ3) is 5.92. The summed E-state index contributed by atoms with van der Waals surface area (Å²) in [6, 6.07) is 6.59. The molecule has 0 heterocycles. The summed E-state index contributed by atoms with van der Waals surface area (Å²) in [5, 5.41) is 28.8. The SMILES string of the molecule is CC(C)C1=C2[C@H]3CC[C@H]4C(C)(CC[C@@]56CC[C@]5(C)[C@@H](OC(=O)[C@H]5C[C@@H](C(=O)O)C5(C)C)CC[C@]46C)[C@]3(C)CCC2([C@@H](O)CNC(=O)C2(NC(=O)c3ccc(Cl)cc3)CCC2)CC1=O. The van der Waals surface area contributed by atoms with Crippen molar-refractivity contribution in [2.24, 2.45) is 67.5 Å². The molecular weight excluding hydrogens is 816 g/mol. The molecule has 0 saturated heterocycles. The Labute approximate surface area is 378 Å². The van der Waals surface area contributed by atoms with Gasteiger partial charge in [-0.1, -0.05) is 72.6 Å². The largest absolute Gasteiger partial charge is 0.481 e. The van der Waals surface area contributed by atoms with E-state index in [2.05, 4.69) is 52.2 Å². The first kappa shape index (κ1) is 44.9. The fourth-order valence-corrected chi connectivity index (χ4v) is 17.0. The van der Waals surface area contributed by atoms with E-state index in [1.807, 2.05) is 13.8 Å². The highest BCUT2D eigenvalue weighted by Gasteiger charge is 2.78. The van der Waals surface area contributed by atoms with Crippen LogP contribution in [0.25, 0.3) is 0 Å². The van der Waals surface area contributed by atoms with Crippen molar-refractivity contribution in [3.05, 3.63) is 46.0 Å². The molecule has 1 aromatic carbocycles. The van der Waals surface area contributed by atoms with E-state index < -0.39 is 40.3 Å². The van der Waals surface area contributed by atoms with E-state index in [1.54, 1.807) is 24.3 Å². The topological polar surface area (TPSA) is 159 Å². The van der Waals surface area contributed by atoms with Crippen LogP contribution in [0.2, 0.25) is 5.02 Å². The quantitative estimate of drug-likeness (QED) is 0.169. The van der Waals surface area contributed by atoms with Crippen LogP contribution in [0.1, 0.15) is 162 Å². The number of halogens is 1. The summed E-state index contributed by atoms with van der Waals surface area (Å²) in [6.07, 6.45) is 10.9. The number of ether oxygens (including phenoxy) is 1. The molecule has 9 rings (SSSR count). The number of carbonyl (C=O) groups is 5. The molecule has 63 heavy (non-hydrogen) atoms. The molecule has 344 valence electrons. The number of fused-ring (bicyclic) bond motifs is 6. The normalized spacial score (nSPS) is 42.1. The van der Waals surface area contributed by atoms with E-state index in [0.717, 1.165) is 75.4 Å². The summed E-state index contributed by atoms with van der Waals surface area (Å²) in [6.45, 7) is 18.0. The predicted octanol–water partition coefficient (Wildman–Crippen LogP) is 9.25. The maximum absolute atomic E-state index is 14.3. The highest BCUT2D eigenvalue weighted by molar-refractivity contribution is 6.30. The van der Waals surface area contributed by atoms with Gasteiger partial charge in [0.2, 0.25) is 5.91 Å². The Kier molecular flexibility index (Phi) is 10.4. The molecule has 4 N–H and O–H groups in total. The van der Waals surface area contributed by atoms with Gasteiger partial charge < -0.3 is 25.6 Å². The summed E-state index contributed by atoms with van der Waals surface area (Å²) in [5.41, 5.74) is -0.173. The number of allylic oxidation sites excluding steroid dienone is 1.